The van der Waals surface area contributed by atoms with Crippen LogP contribution in [0.2, 0.25) is 0 Å². The number of hydrogen-bond donors (Lipinski definition) is 2. The SMILES string of the molecule is CCOC(=O)CCS(=O)(=O)NCC1CCCC(O)C1. The first-order valence-corrected chi connectivity index (χ1v) is 8.39. The Hall–Kier alpha value is -0.660. The fourth-order valence-corrected chi connectivity index (χ4v) is 3.29. The van der Waals surface area contributed by atoms with Gasteiger partial charge in [-0.25, -0.2) is 13.1 Å². The smallest absolute Gasteiger partial charge is 0.306 e. The lowest BCUT2D eigenvalue weighted by atomic mass is 9.87. The van der Waals surface area contributed by atoms with Crippen LogP contribution in [0.5, 0.6) is 0 Å². The van der Waals surface area contributed by atoms with Crippen molar-refractivity contribution in [3.8, 4) is 0 Å². The van der Waals surface area contributed by atoms with Gasteiger partial charge in [-0.15, -0.1) is 0 Å². The first-order chi connectivity index (χ1) is 8.93. The second kappa shape index (κ2) is 7.81. The van der Waals surface area contributed by atoms with E-state index in [0.717, 1.165) is 19.3 Å². The van der Waals surface area contributed by atoms with Gasteiger partial charge in [-0.3, -0.25) is 4.79 Å². The molecule has 0 aromatic carbocycles. The highest BCUT2D eigenvalue weighted by molar-refractivity contribution is 7.89. The van der Waals surface area contributed by atoms with Crippen molar-refractivity contribution in [2.45, 2.75) is 45.1 Å². The fraction of sp³-hybridized carbons (Fsp3) is 0.917. The highest BCUT2D eigenvalue weighted by Crippen LogP contribution is 2.23. The molecule has 0 spiro atoms. The minimum atomic E-state index is -3.44. The monoisotopic (exact) mass is 293 g/mol. The molecule has 0 aliphatic heterocycles. The molecule has 0 saturated heterocycles. The lowest BCUT2D eigenvalue weighted by Crippen LogP contribution is -2.34. The summed E-state index contributed by atoms with van der Waals surface area (Å²) in [6, 6.07) is 0. The van der Waals surface area contributed by atoms with Crippen LogP contribution in [0.1, 0.15) is 39.0 Å². The van der Waals surface area contributed by atoms with Crippen LogP contribution in [0, 0.1) is 5.92 Å². The predicted molar refractivity (Wildman–Crippen MR) is 71.0 cm³/mol. The van der Waals surface area contributed by atoms with E-state index in [-0.39, 0.29) is 30.8 Å². The van der Waals surface area contributed by atoms with Crippen LogP contribution >= 0.6 is 0 Å². The summed E-state index contributed by atoms with van der Waals surface area (Å²) in [6.07, 6.45) is 2.85. The van der Waals surface area contributed by atoms with Gasteiger partial charge in [0.15, 0.2) is 0 Å². The van der Waals surface area contributed by atoms with E-state index in [4.69, 9.17) is 0 Å². The lowest BCUT2D eigenvalue weighted by molar-refractivity contribution is -0.142. The molecule has 0 aromatic heterocycles. The van der Waals surface area contributed by atoms with Crippen LogP contribution in [0.4, 0.5) is 0 Å². The van der Waals surface area contributed by atoms with E-state index in [9.17, 15) is 18.3 Å². The second-order valence-corrected chi connectivity index (χ2v) is 6.84. The van der Waals surface area contributed by atoms with Crippen molar-refractivity contribution < 1.29 is 23.1 Å². The van der Waals surface area contributed by atoms with Crippen molar-refractivity contribution in [1.29, 1.82) is 0 Å². The van der Waals surface area contributed by atoms with Crippen LogP contribution < -0.4 is 4.72 Å². The zero-order valence-corrected chi connectivity index (χ0v) is 12.1. The number of carbonyl (C=O) groups excluding carboxylic acids is 1. The number of sulfonamides is 1. The number of aliphatic hydroxyl groups is 1. The van der Waals surface area contributed by atoms with Gasteiger partial charge in [0.25, 0.3) is 0 Å². The molecule has 0 aromatic rings. The summed E-state index contributed by atoms with van der Waals surface area (Å²) in [4.78, 5) is 11.1. The molecule has 7 heteroatoms. The third kappa shape index (κ3) is 6.89. The van der Waals surface area contributed by atoms with E-state index in [2.05, 4.69) is 9.46 Å². The zero-order chi connectivity index (χ0) is 14.3. The van der Waals surface area contributed by atoms with Crippen molar-refractivity contribution in [3.05, 3.63) is 0 Å². The number of rotatable bonds is 7. The van der Waals surface area contributed by atoms with Gasteiger partial charge in [-0.05, 0) is 32.1 Å². The summed E-state index contributed by atoms with van der Waals surface area (Å²) in [5.41, 5.74) is 0. The molecule has 0 radical (unpaired) electrons. The highest BCUT2D eigenvalue weighted by Gasteiger charge is 2.22. The maximum absolute atomic E-state index is 11.7. The summed E-state index contributed by atoms with van der Waals surface area (Å²) in [5, 5.41) is 9.51. The fourth-order valence-electron chi connectivity index (χ4n) is 2.22. The first kappa shape index (κ1) is 16.4. The summed E-state index contributed by atoms with van der Waals surface area (Å²) >= 11 is 0. The first-order valence-electron chi connectivity index (χ1n) is 6.74. The van der Waals surface area contributed by atoms with Crippen LogP contribution in [-0.2, 0) is 19.6 Å². The average molecular weight is 293 g/mol. The van der Waals surface area contributed by atoms with E-state index in [1.807, 2.05) is 0 Å². The molecule has 1 rings (SSSR count). The highest BCUT2D eigenvalue weighted by atomic mass is 32.2. The molecule has 0 bridgehead atoms. The Balaban J connectivity index is 2.28. The van der Waals surface area contributed by atoms with Crippen LogP contribution in [0.15, 0.2) is 0 Å². The minimum Gasteiger partial charge on any atom is -0.466 e. The molecule has 19 heavy (non-hydrogen) atoms. The summed E-state index contributed by atoms with van der Waals surface area (Å²) in [7, 11) is -3.44. The van der Waals surface area contributed by atoms with Gasteiger partial charge < -0.3 is 9.84 Å². The molecule has 6 nitrogen and oxygen atoms in total. The Labute approximate surface area is 114 Å². The van der Waals surface area contributed by atoms with Crippen molar-refractivity contribution in [3.63, 3.8) is 0 Å². The molecule has 2 unspecified atom stereocenters. The molecular formula is C12H23NO5S. The molecule has 0 amide bonds. The normalized spacial score (nSPS) is 24.1. The zero-order valence-electron chi connectivity index (χ0n) is 11.3. The maximum atomic E-state index is 11.7. The van der Waals surface area contributed by atoms with E-state index >= 15 is 0 Å². The molecular weight excluding hydrogens is 270 g/mol. The van der Waals surface area contributed by atoms with Gasteiger partial charge >= 0.3 is 5.97 Å². The van der Waals surface area contributed by atoms with E-state index in [1.54, 1.807) is 6.92 Å². The molecule has 1 saturated carbocycles. The summed E-state index contributed by atoms with van der Waals surface area (Å²) in [6.45, 7) is 2.27. The Bertz CT molecular complexity index is 382. The Morgan fingerprint density at radius 1 is 1.42 bits per heavy atom. The van der Waals surface area contributed by atoms with Crippen molar-refractivity contribution >= 4 is 16.0 Å². The van der Waals surface area contributed by atoms with Crippen molar-refractivity contribution in [2.24, 2.45) is 5.92 Å². The van der Waals surface area contributed by atoms with Crippen molar-refractivity contribution in [1.82, 2.24) is 4.72 Å². The van der Waals surface area contributed by atoms with Gasteiger partial charge in [0.1, 0.15) is 0 Å². The average Bonchev–Trinajstić information content (AvgIpc) is 2.35. The van der Waals surface area contributed by atoms with Crippen LogP contribution in [-0.4, -0.2) is 44.5 Å². The molecule has 2 atom stereocenters. The predicted octanol–water partition coefficient (Wildman–Crippen LogP) is 0.410. The van der Waals surface area contributed by atoms with Gasteiger partial charge in [0.05, 0.1) is 24.9 Å². The van der Waals surface area contributed by atoms with Crippen LogP contribution in [0.25, 0.3) is 0 Å². The number of hydrogen-bond acceptors (Lipinski definition) is 5. The number of nitrogens with one attached hydrogen (secondary N) is 1. The number of aliphatic hydroxyl groups excluding tert-OH is 1. The molecule has 112 valence electrons. The Kier molecular flexibility index (Phi) is 6.74. The third-order valence-electron chi connectivity index (χ3n) is 3.23. The lowest BCUT2D eigenvalue weighted by Gasteiger charge is -2.25. The Morgan fingerprint density at radius 3 is 2.79 bits per heavy atom. The second-order valence-electron chi connectivity index (χ2n) is 4.91. The molecule has 0 heterocycles. The van der Waals surface area contributed by atoms with Gasteiger partial charge in [-0.2, -0.15) is 0 Å². The van der Waals surface area contributed by atoms with Gasteiger partial charge in [0, 0.05) is 6.54 Å². The van der Waals surface area contributed by atoms with Crippen LogP contribution in [0.3, 0.4) is 0 Å². The van der Waals surface area contributed by atoms with Gasteiger partial charge in [-0.1, -0.05) is 6.42 Å². The number of esters is 1. The minimum absolute atomic E-state index is 0.129. The maximum Gasteiger partial charge on any atom is 0.306 e. The molecule has 1 aliphatic carbocycles. The largest absolute Gasteiger partial charge is 0.466 e. The topological polar surface area (TPSA) is 92.7 Å². The summed E-state index contributed by atoms with van der Waals surface area (Å²) < 4.78 is 30.5. The Morgan fingerprint density at radius 2 is 2.16 bits per heavy atom. The van der Waals surface area contributed by atoms with E-state index in [1.165, 1.54) is 0 Å². The number of carbonyl (C=O) groups is 1. The molecule has 2 N–H and O–H groups in total. The summed E-state index contributed by atoms with van der Waals surface area (Å²) in [5.74, 6) is -0.566. The molecule has 1 aliphatic rings. The third-order valence-corrected chi connectivity index (χ3v) is 4.58. The van der Waals surface area contributed by atoms with E-state index < -0.39 is 16.0 Å². The van der Waals surface area contributed by atoms with Crippen molar-refractivity contribution in [2.75, 3.05) is 18.9 Å². The number of ether oxygens (including phenoxy) is 1. The standard InChI is InChI=1S/C12H23NO5S/c1-2-18-12(15)6-7-19(16,17)13-9-10-4-3-5-11(14)8-10/h10-11,13-14H,2-9H2,1H3. The van der Waals surface area contributed by atoms with Gasteiger partial charge in [0.2, 0.25) is 10.0 Å². The molecule has 1 fully saturated rings. The quantitative estimate of drug-likeness (QED) is 0.663. The van der Waals surface area contributed by atoms with E-state index in [0.29, 0.717) is 13.0 Å².